The van der Waals surface area contributed by atoms with Gasteiger partial charge in [-0.1, -0.05) is 99.1 Å². The van der Waals surface area contributed by atoms with Gasteiger partial charge in [-0.3, -0.25) is 8.98 Å². The van der Waals surface area contributed by atoms with Gasteiger partial charge >= 0.3 is 5.97 Å². The molecule has 1 fully saturated rings. The smallest absolute Gasteiger partial charge is 0.317 e. The van der Waals surface area contributed by atoms with Gasteiger partial charge in [0.2, 0.25) is 0 Å². The maximum absolute atomic E-state index is 13.9. The minimum atomic E-state index is -4.04. The largest absolute Gasteiger partial charge is 0.468 e. The molecular formula is C31H36O5S. The summed E-state index contributed by atoms with van der Waals surface area (Å²) in [4.78, 5) is 14.0. The zero-order valence-corrected chi connectivity index (χ0v) is 23.0. The Kier molecular flexibility index (Phi) is 7.63. The van der Waals surface area contributed by atoms with Crippen molar-refractivity contribution >= 4 is 16.1 Å². The lowest BCUT2D eigenvalue weighted by Crippen LogP contribution is -2.54. The van der Waals surface area contributed by atoms with Crippen LogP contribution < -0.4 is 0 Å². The molecule has 6 heteroatoms. The summed E-state index contributed by atoms with van der Waals surface area (Å²) in [6.45, 7) is 8.31. The fraction of sp³-hybridized carbons (Fsp3) is 0.387. The summed E-state index contributed by atoms with van der Waals surface area (Å²) in [5, 5.41) is 0. The Bertz CT molecular complexity index is 1310. The third-order valence-electron chi connectivity index (χ3n) is 7.68. The number of esters is 1. The molecule has 0 aliphatic heterocycles. The number of hydrogen-bond acceptors (Lipinski definition) is 5. The van der Waals surface area contributed by atoms with Crippen molar-refractivity contribution in [2.75, 3.05) is 7.11 Å². The van der Waals surface area contributed by atoms with E-state index in [0.29, 0.717) is 6.42 Å². The Morgan fingerprint density at radius 3 is 2.00 bits per heavy atom. The normalized spacial score (nSPS) is 24.4. The summed E-state index contributed by atoms with van der Waals surface area (Å²) in [5.41, 5.74) is 1.39. The van der Waals surface area contributed by atoms with Crippen LogP contribution in [-0.4, -0.2) is 27.6 Å². The Morgan fingerprint density at radius 2 is 1.46 bits per heavy atom. The molecular weight excluding hydrogens is 484 g/mol. The van der Waals surface area contributed by atoms with Crippen molar-refractivity contribution in [3.05, 3.63) is 102 Å². The highest BCUT2D eigenvalue weighted by atomic mass is 32.2. The lowest BCUT2D eigenvalue weighted by molar-refractivity contribution is -0.154. The first-order valence-electron chi connectivity index (χ1n) is 12.7. The molecule has 1 aliphatic carbocycles. The lowest BCUT2D eigenvalue weighted by atomic mass is 9.51. The van der Waals surface area contributed by atoms with Crippen molar-refractivity contribution in [2.45, 2.75) is 62.9 Å². The van der Waals surface area contributed by atoms with Crippen molar-refractivity contribution in [1.29, 1.82) is 0 Å². The Labute approximate surface area is 221 Å². The highest BCUT2D eigenvalue weighted by Gasteiger charge is 2.58. The topological polar surface area (TPSA) is 69.7 Å². The minimum Gasteiger partial charge on any atom is -0.468 e. The number of hydrogen-bond donors (Lipinski definition) is 0. The molecule has 5 nitrogen and oxygen atoms in total. The van der Waals surface area contributed by atoms with E-state index in [0.717, 1.165) is 16.7 Å². The van der Waals surface area contributed by atoms with E-state index in [1.54, 1.807) is 24.3 Å². The van der Waals surface area contributed by atoms with E-state index in [2.05, 4.69) is 20.8 Å². The van der Waals surface area contributed by atoms with E-state index in [1.165, 1.54) is 7.11 Å². The van der Waals surface area contributed by atoms with Crippen molar-refractivity contribution in [2.24, 2.45) is 11.3 Å². The van der Waals surface area contributed by atoms with Crippen LogP contribution in [0.3, 0.4) is 0 Å². The number of aryl methyl sites for hydroxylation is 1. The number of benzene rings is 3. The molecule has 0 aromatic heterocycles. The molecule has 3 aromatic carbocycles. The van der Waals surface area contributed by atoms with E-state index >= 15 is 0 Å². The molecule has 0 saturated heterocycles. The molecule has 37 heavy (non-hydrogen) atoms. The van der Waals surface area contributed by atoms with E-state index in [1.807, 2.05) is 67.6 Å². The van der Waals surface area contributed by atoms with E-state index < -0.39 is 21.6 Å². The van der Waals surface area contributed by atoms with Crippen LogP contribution in [0.5, 0.6) is 0 Å². The number of ether oxygens (including phenoxy) is 1. The highest BCUT2D eigenvalue weighted by Crippen LogP contribution is 2.58. The monoisotopic (exact) mass is 520 g/mol. The molecule has 0 radical (unpaired) electrons. The molecule has 0 heterocycles. The summed E-state index contributed by atoms with van der Waals surface area (Å²) in [6.07, 6.45) is -0.0458. The van der Waals surface area contributed by atoms with Crippen molar-refractivity contribution < 1.29 is 22.1 Å². The summed E-state index contributed by atoms with van der Waals surface area (Å²) >= 11 is 0. The first kappa shape index (κ1) is 27.1. The second kappa shape index (κ2) is 10.4. The Balaban J connectivity index is 1.90. The molecule has 3 aromatic rings. The van der Waals surface area contributed by atoms with E-state index in [4.69, 9.17) is 8.92 Å². The van der Waals surface area contributed by atoms with Crippen LogP contribution in [0.25, 0.3) is 0 Å². The van der Waals surface area contributed by atoms with Gasteiger partial charge in [0, 0.05) is 5.92 Å². The Hall–Kier alpha value is -2.96. The first-order valence-corrected chi connectivity index (χ1v) is 14.1. The maximum Gasteiger partial charge on any atom is 0.317 e. The van der Waals surface area contributed by atoms with Gasteiger partial charge in [0.05, 0.1) is 18.1 Å². The van der Waals surface area contributed by atoms with E-state index in [9.17, 15) is 13.2 Å². The number of rotatable bonds is 6. The van der Waals surface area contributed by atoms with Gasteiger partial charge in [-0.2, -0.15) is 8.42 Å². The standard InChI is InChI=1S/C31H36O5S/c1-22-16-18-26(19-17-22)37(33,34)36-25-20-27(30(2,3)4)28(23-12-8-6-9-13-23)31(21-25,29(32)35-5)24-14-10-7-11-15-24/h6-19,25,27-28H,20-21H2,1-5H3/t25-,27-,28?,31+/m0/s1. The quantitative estimate of drug-likeness (QED) is 0.277. The van der Waals surface area contributed by atoms with Crippen molar-refractivity contribution in [3.8, 4) is 0 Å². The lowest BCUT2D eigenvalue weighted by Gasteiger charge is -2.53. The van der Waals surface area contributed by atoms with Gasteiger partial charge in [0.15, 0.2) is 0 Å². The van der Waals surface area contributed by atoms with Crippen LogP contribution in [0.2, 0.25) is 0 Å². The molecule has 0 amide bonds. The molecule has 1 unspecified atom stereocenters. The molecule has 4 atom stereocenters. The average Bonchev–Trinajstić information content (AvgIpc) is 2.88. The van der Waals surface area contributed by atoms with Crippen LogP contribution in [0, 0.1) is 18.3 Å². The molecule has 0 bridgehead atoms. The fourth-order valence-corrected chi connectivity index (χ4v) is 7.00. The Morgan fingerprint density at radius 1 is 0.892 bits per heavy atom. The van der Waals surface area contributed by atoms with Crippen LogP contribution >= 0.6 is 0 Å². The maximum atomic E-state index is 13.9. The number of methoxy groups -OCH3 is 1. The highest BCUT2D eigenvalue weighted by molar-refractivity contribution is 7.86. The minimum absolute atomic E-state index is 0.0822. The van der Waals surface area contributed by atoms with Gasteiger partial charge in [-0.25, -0.2) is 0 Å². The second-order valence-electron chi connectivity index (χ2n) is 11.1. The van der Waals surface area contributed by atoms with Gasteiger partial charge < -0.3 is 4.74 Å². The van der Waals surface area contributed by atoms with Gasteiger partial charge in [0.25, 0.3) is 10.1 Å². The molecule has 0 N–H and O–H groups in total. The van der Waals surface area contributed by atoms with Gasteiger partial charge in [0.1, 0.15) is 5.41 Å². The van der Waals surface area contributed by atoms with Crippen molar-refractivity contribution in [1.82, 2.24) is 0 Å². The molecule has 4 rings (SSSR count). The zero-order chi connectivity index (χ0) is 26.8. The summed E-state index contributed by atoms with van der Waals surface area (Å²) in [7, 11) is -2.65. The zero-order valence-electron chi connectivity index (χ0n) is 22.2. The molecule has 1 aliphatic rings. The number of carbonyl (C=O) groups is 1. The van der Waals surface area contributed by atoms with Gasteiger partial charge in [-0.05, 0) is 54.4 Å². The first-order chi connectivity index (χ1) is 17.5. The second-order valence-corrected chi connectivity index (χ2v) is 12.7. The van der Waals surface area contributed by atoms with Crippen molar-refractivity contribution in [3.63, 3.8) is 0 Å². The van der Waals surface area contributed by atoms with Crippen LogP contribution in [0.15, 0.2) is 89.8 Å². The summed E-state index contributed by atoms with van der Waals surface area (Å²) in [6, 6.07) is 26.2. The predicted molar refractivity (Wildman–Crippen MR) is 145 cm³/mol. The van der Waals surface area contributed by atoms with Crippen LogP contribution in [0.4, 0.5) is 0 Å². The average molecular weight is 521 g/mol. The number of carbonyl (C=O) groups excluding carboxylic acids is 1. The third kappa shape index (κ3) is 5.36. The molecule has 0 spiro atoms. The summed E-state index contributed by atoms with van der Waals surface area (Å²) < 4.78 is 38.2. The van der Waals surface area contributed by atoms with Crippen LogP contribution in [-0.2, 0) is 29.2 Å². The van der Waals surface area contributed by atoms with Crippen LogP contribution in [0.1, 0.15) is 56.2 Å². The van der Waals surface area contributed by atoms with Gasteiger partial charge in [-0.15, -0.1) is 0 Å². The predicted octanol–water partition coefficient (Wildman–Crippen LogP) is 6.42. The fourth-order valence-electron chi connectivity index (χ4n) is 5.92. The molecule has 1 saturated carbocycles. The summed E-state index contributed by atoms with van der Waals surface area (Å²) in [5.74, 6) is -0.713. The molecule has 196 valence electrons. The third-order valence-corrected chi connectivity index (χ3v) is 9.06. The van der Waals surface area contributed by atoms with E-state index in [-0.39, 0.29) is 34.5 Å². The SMILES string of the molecule is COC(=O)[C@@]1(c2ccccc2)C[C@@H](OS(=O)(=O)c2ccc(C)cc2)C[C@H](C(C)(C)C)C1c1ccccc1.